The standard InChI is InChI=1S/C13H19N5O4/c1-2-3-14-11-8-12(16-5-15-11)18(6-17-8)13-10(21)9(20)7(4-19)22-13/h5-7,9-10,13,19-21H,2-4H2,1H3,(H,14,15,16)/t7-,9?,10?,13-/m1/s1. The van der Waals surface area contributed by atoms with Crippen LogP contribution < -0.4 is 5.32 Å². The van der Waals surface area contributed by atoms with E-state index in [4.69, 9.17) is 9.84 Å². The van der Waals surface area contributed by atoms with Gasteiger partial charge < -0.3 is 25.4 Å². The molecule has 2 aromatic rings. The molecular weight excluding hydrogens is 290 g/mol. The molecule has 0 radical (unpaired) electrons. The van der Waals surface area contributed by atoms with Crippen molar-refractivity contribution in [3.05, 3.63) is 12.7 Å². The molecule has 2 unspecified atom stereocenters. The number of nitrogens with zero attached hydrogens (tertiary/aromatic N) is 4. The lowest BCUT2D eigenvalue weighted by molar-refractivity contribution is -0.0511. The topological polar surface area (TPSA) is 126 Å². The van der Waals surface area contributed by atoms with E-state index < -0.39 is 24.5 Å². The molecule has 0 saturated carbocycles. The molecule has 0 amide bonds. The summed E-state index contributed by atoms with van der Waals surface area (Å²) in [6.45, 7) is 2.43. The Hall–Kier alpha value is -1.81. The number of anilines is 1. The van der Waals surface area contributed by atoms with Crippen molar-refractivity contribution in [1.82, 2.24) is 19.5 Å². The second kappa shape index (κ2) is 6.13. The SMILES string of the molecule is CCCNc1ncnc2c1ncn2[C@@H]1O[C@H](CO)C(O)C1O. The Bertz CT molecular complexity index is 648. The maximum Gasteiger partial charge on any atom is 0.167 e. The molecule has 3 heterocycles. The highest BCUT2D eigenvalue weighted by Crippen LogP contribution is 2.31. The van der Waals surface area contributed by atoms with Gasteiger partial charge in [-0.15, -0.1) is 0 Å². The Kier molecular flexibility index (Phi) is 4.21. The fraction of sp³-hybridized carbons (Fsp3) is 0.615. The zero-order valence-electron chi connectivity index (χ0n) is 12.1. The largest absolute Gasteiger partial charge is 0.394 e. The van der Waals surface area contributed by atoms with Crippen LogP contribution >= 0.6 is 0 Å². The smallest absolute Gasteiger partial charge is 0.167 e. The van der Waals surface area contributed by atoms with E-state index in [9.17, 15) is 10.2 Å². The van der Waals surface area contributed by atoms with Crippen LogP contribution in [0.25, 0.3) is 11.2 Å². The van der Waals surface area contributed by atoms with Gasteiger partial charge in [0.15, 0.2) is 23.2 Å². The molecule has 0 aromatic carbocycles. The predicted molar refractivity (Wildman–Crippen MR) is 77.1 cm³/mol. The van der Waals surface area contributed by atoms with Crippen molar-refractivity contribution >= 4 is 17.0 Å². The first-order chi connectivity index (χ1) is 10.7. The molecule has 1 aliphatic heterocycles. The van der Waals surface area contributed by atoms with Crippen molar-refractivity contribution in [3.63, 3.8) is 0 Å². The summed E-state index contributed by atoms with van der Waals surface area (Å²) < 4.78 is 7.04. The van der Waals surface area contributed by atoms with Gasteiger partial charge in [-0.05, 0) is 6.42 Å². The fourth-order valence-corrected chi connectivity index (χ4v) is 2.52. The average Bonchev–Trinajstić information content (AvgIpc) is 3.08. The van der Waals surface area contributed by atoms with Crippen LogP contribution in [-0.4, -0.2) is 66.3 Å². The van der Waals surface area contributed by atoms with Crippen molar-refractivity contribution < 1.29 is 20.1 Å². The highest BCUT2D eigenvalue weighted by Gasteiger charge is 2.43. The van der Waals surface area contributed by atoms with Crippen molar-refractivity contribution in [3.8, 4) is 0 Å². The quantitative estimate of drug-likeness (QED) is 0.569. The van der Waals surface area contributed by atoms with Gasteiger partial charge in [-0.1, -0.05) is 6.92 Å². The van der Waals surface area contributed by atoms with Gasteiger partial charge in [0, 0.05) is 6.54 Å². The first-order valence-corrected chi connectivity index (χ1v) is 7.21. The van der Waals surface area contributed by atoms with Gasteiger partial charge >= 0.3 is 0 Å². The highest BCUT2D eigenvalue weighted by molar-refractivity contribution is 5.82. The average molecular weight is 309 g/mol. The van der Waals surface area contributed by atoms with Gasteiger partial charge in [-0.2, -0.15) is 0 Å². The van der Waals surface area contributed by atoms with Crippen LogP contribution in [-0.2, 0) is 4.74 Å². The predicted octanol–water partition coefficient (Wildman–Crippen LogP) is -0.740. The summed E-state index contributed by atoms with van der Waals surface area (Å²) in [6, 6.07) is 0. The van der Waals surface area contributed by atoms with Crippen LogP contribution in [0, 0.1) is 0 Å². The molecular formula is C13H19N5O4. The van der Waals surface area contributed by atoms with E-state index >= 15 is 0 Å². The normalized spacial score (nSPS) is 28.4. The molecule has 4 atom stereocenters. The summed E-state index contributed by atoms with van der Waals surface area (Å²) in [7, 11) is 0. The third-order valence-electron chi connectivity index (χ3n) is 3.69. The Morgan fingerprint density at radius 1 is 1.27 bits per heavy atom. The zero-order valence-corrected chi connectivity index (χ0v) is 12.1. The maximum absolute atomic E-state index is 10.1. The number of hydrogen-bond acceptors (Lipinski definition) is 8. The van der Waals surface area contributed by atoms with Crippen LogP contribution in [0.2, 0.25) is 0 Å². The number of imidazole rings is 1. The van der Waals surface area contributed by atoms with Gasteiger partial charge in [0.25, 0.3) is 0 Å². The molecule has 0 bridgehead atoms. The molecule has 120 valence electrons. The fourth-order valence-electron chi connectivity index (χ4n) is 2.52. The van der Waals surface area contributed by atoms with Gasteiger partial charge in [0.05, 0.1) is 12.9 Å². The van der Waals surface area contributed by atoms with Crippen LogP contribution in [0.4, 0.5) is 5.82 Å². The summed E-state index contributed by atoms with van der Waals surface area (Å²) in [4.78, 5) is 12.6. The maximum atomic E-state index is 10.1. The monoisotopic (exact) mass is 309 g/mol. The molecule has 4 N–H and O–H groups in total. The van der Waals surface area contributed by atoms with Gasteiger partial charge in [0.1, 0.15) is 24.6 Å². The Morgan fingerprint density at radius 3 is 2.77 bits per heavy atom. The molecule has 9 nitrogen and oxygen atoms in total. The van der Waals surface area contributed by atoms with Crippen LogP contribution in [0.3, 0.4) is 0 Å². The Balaban J connectivity index is 1.95. The molecule has 1 aliphatic rings. The van der Waals surface area contributed by atoms with E-state index in [1.165, 1.54) is 17.2 Å². The number of ether oxygens (including phenoxy) is 1. The number of aliphatic hydroxyl groups is 3. The van der Waals surface area contributed by atoms with E-state index in [-0.39, 0.29) is 6.61 Å². The first-order valence-electron chi connectivity index (χ1n) is 7.21. The van der Waals surface area contributed by atoms with Crippen LogP contribution in [0.15, 0.2) is 12.7 Å². The van der Waals surface area contributed by atoms with E-state index in [2.05, 4.69) is 20.3 Å². The van der Waals surface area contributed by atoms with Gasteiger partial charge in [-0.3, -0.25) is 4.57 Å². The van der Waals surface area contributed by atoms with Gasteiger partial charge in [0.2, 0.25) is 0 Å². The van der Waals surface area contributed by atoms with Crippen LogP contribution in [0.1, 0.15) is 19.6 Å². The van der Waals surface area contributed by atoms with Crippen molar-refractivity contribution in [2.75, 3.05) is 18.5 Å². The highest BCUT2D eigenvalue weighted by atomic mass is 16.6. The first kappa shape index (κ1) is 15.1. The molecule has 3 rings (SSSR count). The summed E-state index contributed by atoms with van der Waals surface area (Å²) in [5, 5.41) is 32.3. The second-order valence-electron chi connectivity index (χ2n) is 5.20. The van der Waals surface area contributed by atoms with Crippen LogP contribution in [0.5, 0.6) is 0 Å². The van der Waals surface area contributed by atoms with Crippen molar-refractivity contribution in [2.45, 2.75) is 37.9 Å². The molecule has 9 heteroatoms. The Morgan fingerprint density at radius 2 is 2.09 bits per heavy atom. The number of fused-ring (bicyclic) bond motifs is 1. The number of rotatable bonds is 5. The molecule has 2 aromatic heterocycles. The summed E-state index contributed by atoms with van der Waals surface area (Å²) in [5.74, 6) is 0.609. The molecule has 0 spiro atoms. The lowest BCUT2D eigenvalue weighted by atomic mass is 10.1. The lowest BCUT2D eigenvalue weighted by Gasteiger charge is -2.16. The third kappa shape index (κ3) is 2.41. The van der Waals surface area contributed by atoms with Crippen molar-refractivity contribution in [2.24, 2.45) is 0 Å². The summed E-state index contributed by atoms with van der Waals surface area (Å²) >= 11 is 0. The minimum atomic E-state index is -1.17. The molecule has 22 heavy (non-hydrogen) atoms. The third-order valence-corrected chi connectivity index (χ3v) is 3.69. The van der Waals surface area contributed by atoms with Gasteiger partial charge in [-0.25, -0.2) is 15.0 Å². The molecule has 1 fully saturated rings. The summed E-state index contributed by atoms with van der Waals surface area (Å²) in [5.41, 5.74) is 1.05. The number of aromatic nitrogens is 4. The number of aliphatic hydroxyl groups excluding tert-OH is 3. The van der Waals surface area contributed by atoms with E-state index in [0.717, 1.165) is 13.0 Å². The second-order valence-corrected chi connectivity index (χ2v) is 5.20. The summed E-state index contributed by atoms with van der Waals surface area (Å²) in [6.07, 6.45) is -0.191. The van der Waals surface area contributed by atoms with Crippen molar-refractivity contribution in [1.29, 1.82) is 0 Å². The minimum absolute atomic E-state index is 0.375. The van der Waals surface area contributed by atoms with E-state index in [1.807, 2.05) is 6.92 Å². The Labute approximate surface area is 126 Å². The lowest BCUT2D eigenvalue weighted by Crippen LogP contribution is -2.33. The minimum Gasteiger partial charge on any atom is -0.394 e. The number of hydrogen-bond donors (Lipinski definition) is 4. The van der Waals surface area contributed by atoms with E-state index in [0.29, 0.717) is 17.0 Å². The number of nitrogens with one attached hydrogen (secondary N) is 1. The molecule has 0 aliphatic carbocycles. The molecule has 1 saturated heterocycles. The zero-order chi connectivity index (χ0) is 15.7. The van der Waals surface area contributed by atoms with E-state index in [1.54, 1.807) is 0 Å².